The fourth-order valence-electron chi connectivity index (χ4n) is 3.27. The molecule has 1 aliphatic rings. The van der Waals surface area contributed by atoms with Crippen molar-refractivity contribution in [2.24, 2.45) is 0 Å². The molecule has 0 aliphatic heterocycles. The van der Waals surface area contributed by atoms with E-state index in [9.17, 15) is 4.79 Å². The molecule has 3 aromatic rings. The van der Waals surface area contributed by atoms with Gasteiger partial charge in [0.2, 0.25) is 5.91 Å². The van der Waals surface area contributed by atoms with Crippen LogP contribution >= 0.6 is 0 Å². The summed E-state index contributed by atoms with van der Waals surface area (Å²) >= 11 is 0. The van der Waals surface area contributed by atoms with E-state index >= 15 is 0 Å². The van der Waals surface area contributed by atoms with Gasteiger partial charge >= 0.3 is 0 Å². The molecule has 1 fully saturated rings. The summed E-state index contributed by atoms with van der Waals surface area (Å²) in [6.45, 7) is 0.443. The first kappa shape index (κ1) is 18.1. The van der Waals surface area contributed by atoms with Crippen molar-refractivity contribution in [2.45, 2.75) is 24.8 Å². The third-order valence-corrected chi connectivity index (χ3v) is 5.13. The second kappa shape index (κ2) is 7.38. The third-order valence-electron chi connectivity index (χ3n) is 5.13. The molecule has 0 atom stereocenters. The van der Waals surface area contributed by atoms with Gasteiger partial charge in [-0.2, -0.15) is 0 Å². The fourth-order valence-corrected chi connectivity index (χ4v) is 3.27. The Morgan fingerprint density at radius 1 is 1.07 bits per heavy atom. The lowest BCUT2D eigenvalue weighted by atomic mass is 10.00. The predicted octanol–water partition coefficient (Wildman–Crippen LogP) is 3.71. The lowest BCUT2D eigenvalue weighted by molar-refractivity contribution is -0.123. The summed E-state index contributed by atoms with van der Waals surface area (Å²) in [5.74, 6) is 2.11. The molecule has 0 radical (unpaired) electrons. The first-order chi connectivity index (χ1) is 13.6. The van der Waals surface area contributed by atoms with Crippen molar-refractivity contribution in [2.75, 3.05) is 14.2 Å². The van der Waals surface area contributed by atoms with E-state index < -0.39 is 5.41 Å². The Kier molecular flexibility index (Phi) is 4.77. The van der Waals surface area contributed by atoms with Gasteiger partial charge in [0.25, 0.3) is 0 Å². The van der Waals surface area contributed by atoms with Gasteiger partial charge in [-0.05, 0) is 42.7 Å². The van der Waals surface area contributed by atoms with Crippen LogP contribution in [0.1, 0.15) is 24.1 Å². The van der Waals surface area contributed by atoms with Gasteiger partial charge < -0.3 is 19.3 Å². The van der Waals surface area contributed by atoms with Crippen molar-refractivity contribution in [1.29, 1.82) is 0 Å². The highest BCUT2D eigenvalue weighted by Crippen LogP contribution is 2.48. The highest BCUT2D eigenvalue weighted by Gasteiger charge is 2.53. The number of hydrogen-bond acceptors (Lipinski definition) is 5. The zero-order valence-corrected chi connectivity index (χ0v) is 15.9. The van der Waals surface area contributed by atoms with Gasteiger partial charge in [0.05, 0.1) is 25.3 Å². The van der Waals surface area contributed by atoms with Gasteiger partial charge in [-0.25, -0.2) is 0 Å². The fraction of sp³-hybridized carbons (Fsp3) is 0.273. The number of methoxy groups -OCH3 is 2. The molecule has 0 spiro atoms. The Hall–Kier alpha value is -3.28. The van der Waals surface area contributed by atoms with Crippen LogP contribution in [0.3, 0.4) is 0 Å². The minimum absolute atomic E-state index is 0.0270. The Balaban J connectivity index is 1.48. The number of nitrogens with zero attached hydrogens (tertiary/aromatic N) is 1. The van der Waals surface area contributed by atoms with E-state index in [0.717, 1.165) is 35.5 Å². The Morgan fingerprint density at radius 2 is 1.79 bits per heavy atom. The van der Waals surface area contributed by atoms with Crippen LogP contribution in [0.2, 0.25) is 0 Å². The monoisotopic (exact) mass is 378 g/mol. The summed E-state index contributed by atoms with van der Waals surface area (Å²) < 4.78 is 16.0. The van der Waals surface area contributed by atoms with Gasteiger partial charge in [-0.3, -0.25) is 4.79 Å². The molecule has 2 aromatic carbocycles. The van der Waals surface area contributed by atoms with E-state index in [-0.39, 0.29) is 5.91 Å². The highest BCUT2D eigenvalue weighted by molar-refractivity contribution is 5.91. The molecule has 1 saturated carbocycles. The number of ether oxygens (including phenoxy) is 2. The summed E-state index contributed by atoms with van der Waals surface area (Å²) in [5, 5.41) is 7.21. The topological polar surface area (TPSA) is 73.6 Å². The number of benzene rings is 2. The molecule has 1 aromatic heterocycles. The minimum atomic E-state index is -0.598. The van der Waals surface area contributed by atoms with Gasteiger partial charge in [0, 0.05) is 18.2 Å². The maximum atomic E-state index is 12.9. The minimum Gasteiger partial charge on any atom is -0.497 e. The van der Waals surface area contributed by atoms with E-state index in [1.54, 1.807) is 14.2 Å². The Bertz CT molecular complexity index is 991. The van der Waals surface area contributed by atoms with E-state index in [2.05, 4.69) is 10.5 Å². The summed E-state index contributed by atoms with van der Waals surface area (Å²) in [6, 6.07) is 17.1. The first-order valence-corrected chi connectivity index (χ1v) is 9.17. The molecule has 28 heavy (non-hydrogen) atoms. The maximum Gasteiger partial charge on any atom is 0.232 e. The van der Waals surface area contributed by atoms with Crippen molar-refractivity contribution < 1.29 is 18.8 Å². The summed E-state index contributed by atoms with van der Waals surface area (Å²) in [7, 11) is 3.25. The van der Waals surface area contributed by atoms with E-state index in [0.29, 0.717) is 18.0 Å². The second-order valence-electron chi connectivity index (χ2n) is 6.92. The number of carbonyl (C=O) groups is 1. The summed E-state index contributed by atoms with van der Waals surface area (Å²) in [4.78, 5) is 12.9. The standard InChI is InChI=1S/C22H22N2O4/c1-26-17-7-3-5-15(11-17)14-23-21(25)22(9-10-22)20-13-19(28-24-20)16-6-4-8-18(12-16)27-2/h3-8,11-13H,9-10,14H2,1-2H3,(H,23,25). The average molecular weight is 378 g/mol. The molecular formula is C22H22N2O4. The van der Waals surface area contributed by atoms with E-state index in [1.807, 2.05) is 54.6 Å². The number of hydrogen-bond donors (Lipinski definition) is 1. The van der Waals surface area contributed by atoms with E-state index in [1.165, 1.54) is 0 Å². The number of carbonyl (C=O) groups excluding carboxylic acids is 1. The number of aromatic nitrogens is 1. The van der Waals surface area contributed by atoms with Crippen molar-refractivity contribution >= 4 is 5.91 Å². The van der Waals surface area contributed by atoms with Crippen LogP contribution < -0.4 is 14.8 Å². The largest absolute Gasteiger partial charge is 0.497 e. The third kappa shape index (κ3) is 3.45. The first-order valence-electron chi connectivity index (χ1n) is 9.17. The van der Waals surface area contributed by atoms with Crippen molar-refractivity contribution in [3.8, 4) is 22.8 Å². The van der Waals surface area contributed by atoms with Crippen molar-refractivity contribution in [1.82, 2.24) is 10.5 Å². The highest BCUT2D eigenvalue weighted by atomic mass is 16.5. The van der Waals surface area contributed by atoms with Crippen LogP contribution in [0.4, 0.5) is 0 Å². The van der Waals surface area contributed by atoms with Crippen LogP contribution in [-0.2, 0) is 16.8 Å². The van der Waals surface area contributed by atoms with Gasteiger partial charge in [0.15, 0.2) is 5.76 Å². The molecular weight excluding hydrogens is 356 g/mol. The molecule has 0 unspecified atom stereocenters. The molecule has 1 N–H and O–H groups in total. The Morgan fingerprint density at radius 3 is 2.50 bits per heavy atom. The maximum absolute atomic E-state index is 12.9. The van der Waals surface area contributed by atoms with Crippen molar-refractivity contribution in [3.63, 3.8) is 0 Å². The second-order valence-corrected chi connectivity index (χ2v) is 6.92. The van der Waals surface area contributed by atoms with Crippen LogP contribution in [-0.4, -0.2) is 25.3 Å². The lowest BCUT2D eigenvalue weighted by Crippen LogP contribution is -2.34. The average Bonchev–Trinajstić information content (AvgIpc) is 3.41. The molecule has 6 heteroatoms. The SMILES string of the molecule is COc1cccc(CNC(=O)C2(c3cc(-c4cccc(OC)c4)on3)CC2)c1. The molecule has 1 heterocycles. The molecule has 0 bridgehead atoms. The summed E-state index contributed by atoms with van der Waals surface area (Å²) in [6.07, 6.45) is 1.53. The smallest absolute Gasteiger partial charge is 0.232 e. The van der Waals surface area contributed by atoms with Gasteiger partial charge in [-0.1, -0.05) is 29.4 Å². The predicted molar refractivity (Wildman–Crippen MR) is 104 cm³/mol. The zero-order chi connectivity index (χ0) is 19.6. The van der Waals surface area contributed by atoms with Crippen LogP contribution in [0, 0.1) is 0 Å². The number of rotatable bonds is 7. The molecule has 144 valence electrons. The molecule has 4 rings (SSSR count). The zero-order valence-electron chi connectivity index (χ0n) is 15.9. The quantitative estimate of drug-likeness (QED) is 0.678. The van der Waals surface area contributed by atoms with E-state index in [4.69, 9.17) is 14.0 Å². The molecule has 0 saturated heterocycles. The van der Waals surface area contributed by atoms with Crippen molar-refractivity contribution in [3.05, 3.63) is 65.9 Å². The number of nitrogens with one attached hydrogen (secondary N) is 1. The van der Waals surface area contributed by atoms with Gasteiger partial charge in [0.1, 0.15) is 11.5 Å². The molecule has 1 amide bonds. The van der Waals surface area contributed by atoms with Gasteiger partial charge in [-0.15, -0.1) is 0 Å². The molecule has 6 nitrogen and oxygen atoms in total. The number of amides is 1. The van der Waals surface area contributed by atoms with Crippen LogP contribution in [0.25, 0.3) is 11.3 Å². The normalized spacial score (nSPS) is 14.4. The molecule has 1 aliphatic carbocycles. The Labute approximate surface area is 163 Å². The van der Waals surface area contributed by atoms with Crippen LogP contribution in [0.5, 0.6) is 11.5 Å². The van der Waals surface area contributed by atoms with Crippen LogP contribution in [0.15, 0.2) is 59.1 Å². The summed E-state index contributed by atoms with van der Waals surface area (Å²) in [5.41, 5.74) is 1.93. The lowest BCUT2D eigenvalue weighted by Gasteiger charge is -2.13.